The number of rotatable bonds is 5. The van der Waals surface area contributed by atoms with Gasteiger partial charge in [-0.2, -0.15) is 10.4 Å². The third-order valence-electron chi connectivity index (χ3n) is 2.33. The molecule has 0 saturated heterocycles. The topological polar surface area (TPSA) is 136 Å². The summed E-state index contributed by atoms with van der Waals surface area (Å²) in [5.74, 6) is -0.354. The average Bonchev–Trinajstić information content (AvgIpc) is 2.46. The van der Waals surface area contributed by atoms with Crippen molar-refractivity contribution in [3.8, 4) is 11.8 Å². The fraction of sp³-hybridized carbons (Fsp3) is 0.167. The van der Waals surface area contributed by atoms with Crippen molar-refractivity contribution in [3.63, 3.8) is 0 Å². The Labute approximate surface area is 115 Å². The second-order valence-corrected chi connectivity index (χ2v) is 3.59. The van der Waals surface area contributed by atoms with Gasteiger partial charge in [0.05, 0.1) is 18.4 Å². The van der Waals surface area contributed by atoms with Gasteiger partial charge in [0.1, 0.15) is 11.8 Å². The van der Waals surface area contributed by atoms with Gasteiger partial charge >= 0.3 is 0 Å². The van der Waals surface area contributed by atoms with Crippen molar-refractivity contribution >= 4 is 23.1 Å². The number of hydrazone groups is 1. The first-order chi connectivity index (χ1) is 9.53. The number of methoxy groups -OCH3 is 1. The lowest BCUT2D eigenvalue weighted by molar-refractivity contribution is 0.0960. The number of nitrogens with two attached hydrogens (primary N) is 1. The molecule has 104 valence electrons. The molecule has 0 aromatic heterocycles. The van der Waals surface area contributed by atoms with Crippen LogP contribution >= 0.6 is 0 Å². The van der Waals surface area contributed by atoms with Gasteiger partial charge in [-0.25, -0.2) is 0 Å². The lowest BCUT2D eigenvalue weighted by Crippen LogP contribution is -2.22. The van der Waals surface area contributed by atoms with E-state index in [1.807, 2.05) is 0 Å². The van der Waals surface area contributed by atoms with Gasteiger partial charge in [-0.15, -0.1) is 0 Å². The Morgan fingerprint density at radius 3 is 2.75 bits per heavy atom. The number of ether oxygens (including phenoxy) is 1. The quantitative estimate of drug-likeness (QED) is 0.347. The van der Waals surface area contributed by atoms with E-state index in [-0.39, 0.29) is 11.6 Å². The van der Waals surface area contributed by atoms with Crippen LogP contribution in [0.2, 0.25) is 0 Å². The van der Waals surface area contributed by atoms with E-state index in [1.165, 1.54) is 20.2 Å². The molecule has 0 aliphatic carbocycles. The zero-order valence-electron chi connectivity index (χ0n) is 11.0. The zero-order chi connectivity index (χ0) is 15.1. The number of hydrogen-bond donors (Lipinski definition) is 4. The molecule has 0 bridgehead atoms. The maximum Gasteiger partial charge on any atom is 0.254 e. The molecular formula is C12H14N6O2. The van der Waals surface area contributed by atoms with E-state index in [1.54, 1.807) is 18.2 Å². The number of amides is 1. The second-order valence-electron chi connectivity index (χ2n) is 3.59. The molecule has 0 atom stereocenters. The minimum Gasteiger partial charge on any atom is -0.496 e. The van der Waals surface area contributed by atoms with Crippen LogP contribution in [0.5, 0.6) is 5.75 Å². The Morgan fingerprint density at radius 2 is 2.25 bits per heavy atom. The van der Waals surface area contributed by atoms with Crippen LogP contribution in [0, 0.1) is 16.7 Å². The minimum absolute atomic E-state index is 0.248. The minimum atomic E-state index is -0.444. The number of benzene rings is 1. The van der Waals surface area contributed by atoms with Crippen LogP contribution in [-0.4, -0.2) is 31.6 Å². The van der Waals surface area contributed by atoms with Gasteiger partial charge in [0.25, 0.3) is 5.91 Å². The summed E-state index contributed by atoms with van der Waals surface area (Å²) in [4.78, 5) is 11.7. The predicted molar refractivity (Wildman–Crippen MR) is 75.0 cm³/mol. The van der Waals surface area contributed by atoms with Crippen molar-refractivity contribution in [1.29, 1.82) is 10.7 Å². The Balaban J connectivity index is 3.07. The number of amidine groups is 1. The molecule has 0 spiro atoms. The Morgan fingerprint density at radius 1 is 1.55 bits per heavy atom. The highest BCUT2D eigenvalue weighted by atomic mass is 16.5. The number of nitriles is 1. The Kier molecular flexibility index (Phi) is 5.05. The summed E-state index contributed by atoms with van der Waals surface area (Å²) in [6, 6.07) is 6.39. The monoisotopic (exact) mass is 274 g/mol. The molecule has 0 saturated carbocycles. The van der Waals surface area contributed by atoms with Gasteiger partial charge in [0.2, 0.25) is 5.71 Å². The van der Waals surface area contributed by atoms with Crippen LogP contribution in [0.4, 0.5) is 5.69 Å². The van der Waals surface area contributed by atoms with Crippen LogP contribution in [0.3, 0.4) is 0 Å². The van der Waals surface area contributed by atoms with Gasteiger partial charge < -0.3 is 15.8 Å². The van der Waals surface area contributed by atoms with Crippen molar-refractivity contribution < 1.29 is 9.53 Å². The first-order valence-corrected chi connectivity index (χ1v) is 5.51. The van der Waals surface area contributed by atoms with Gasteiger partial charge in [0.15, 0.2) is 5.84 Å². The molecule has 1 amide bonds. The number of nitrogens with one attached hydrogen (secondary N) is 3. The molecule has 1 rings (SSSR count). The molecular weight excluding hydrogens is 260 g/mol. The van der Waals surface area contributed by atoms with E-state index in [2.05, 4.69) is 15.8 Å². The van der Waals surface area contributed by atoms with Crippen LogP contribution in [-0.2, 0) is 0 Å². The molecule has 0 fully saturated rings. The van der Waals surface area contributed by atoms with Crippen LogP contribution in [0.1, 0.15) is 10.4 Å². The summed E-state index contributed by atoms with van der Waals surface area (Å²) in [5, 5.41) is 22.0. The normalized spacial score (nSPS) is 10.3. The van der Waals surface area contributed by atoms with Crippen LogP contribution in [0.25, 0.3) is 0 Å². The van der Waals surface area contributed by atoms with Gasteiger partial charge in [-0.05, 0) is 18.2 Å². The number of carbonyl (C=O) groups excluding carboxylic acids is 1. The Hall–Kier alpha value is -3.08. The first-order valence-electron chi connectivity index (χ1n) is 5.51. The molecule has 0 aliphatic rings. The van der Waals surface area contributed by atoms with E-state index in [9.17, 15) is 4.79 Å². The van der Waals surface area contributed by atoms with Crippen molar-refractivity contribution in [2.24, 2.45) is 10.8 Å². The highest BCUT2D eigenvalue weighted by Gasteiger charge is 2.11. The molecule has 0 unspecified atom stereocenters. The van der Waals surface area contributed by atoms with Gasteiger partial charge in [-0.1, -0.05) is 0 Å². The molecule has 8 nitrogen and oxygen atoms in total. The van der Waals surface area contributed by atoms with Gasteiger partial charge in [0, 0.05) is 7.05 Å². The van der Waals surface area contributed by atoms with E-state index in [0.717, 1.165) is 0 Å². The molecule has 1 aromatic rings. The standard InChI is InChI=1S/C12H14N6O2/c1-16-12(19)8-5-7(3-4-10(8)20-2)17-18-9(6-13)11(14)15/h3-5,17H,1-2H3,(H3,14,15)(H,16,19)/b18-9+. The summed E-state index contributed by atoms with van der Waals surface area (Å²) < 4.78 is 5.08. The highest BCUT2D eigenvalue weighted by Crippen LogP contribution is 2.22. The first kappa shape index (κ1) is 15.0. The fourth-order valence-electron chi connectivity index (χ4n) is 1.36. The molecule has 0 heterocycles. The molecule has 0 aliphatic heterocycles. The summed E-state index contributed by atoms with van der Waals surface area (Å²) in [6.07, 6.45) is 0. The SMILES string of the molecule is CNC(=O)c1cc(N/N=C(\C#N)C(=N)N)ccc1OC. The van der Waals surface area contributed by atoms with E-state index in [0.29, 0.717) is 17.0 Å². The predicted octanol–water partition coefficient (Wildman–Crippen LogP) is 0.282. The molecule has 8 heteroatoms. The molecule has 1 aromatic carbocycles. The van der Waals surface area contributed by atoms with Crippen LogP contribution in [0.15, 0.2) is 23.3 Å². The fourth-order valence-corrected chi connectivity index (χ4v) is 1.36. The van der Waals surface area contributed by atoms with E-state index >= 15 is 0 Å². The second kappa shape index (κ2) is 6.75. The third-order valence-corrected chi connectivity index (χ3v) is 2.33. The zero-order valence-corrected chi connectivity index (χ0v) is 11.0. The maximum absolute atomic E-state index is 11.7. The van der Waals surface area contributed by atoms with E-state index in [4.69, 9.17) is 21.1 Å². The molecule has 20 heavy (non-hydrogen) atoms. The van der Waals surface area contributed by atoms with Crippen molar-refractivity contribution in [1.82, 2.24) is 5.32 Å². The number of nitrogens with zero attached hydrogens (tertiary/aromatic N) is 2. The maximum atomic E-state index is 11.7. The van der Waals surface area contributed by atoms with Crippen molar-refractivity contribution in [3.05, 3.63) is 23.8 Å². The summed E-state index contributed by atoms with van der Waals surface area (Å²) in [6.45, 7) is 0. The number of carbonyl (C=O) groups is 1. The average molecular weight is 274 g/mol. The molecule has 0 radical (unpaired) electrons. The van der Waals surface area contributed by atoms with Crippen molar-refractivity contribution in [2.75, 3.05) is 19.6 Å². The van der Waals surface area contributed by atoms with E-state index < -0.39 is 5.84 Å². The lowest BCUT2D eigenvalue weighted by Gasteiger charge is -2.09. The third kappa shape index (κ3) is 3.46. The lowest BCUT2D eigenvalue weighted by atomic mass is 10.1. The summed E-state index contributed by atoms with van der Waals surface area (Å²) >= 11 is 0. The smallest absolute Gasteiger partial charge is 0.254 e. The van der Waals surface area contributed by atoms with Crippen molar-refractivity contribution in [2.45, 2.75) is 0 Å². The summed E-state index contributed by atoms with van der Waals surface area (Å²) in [5.41, 5.74) is 8.24. The molecule has 5 N–H and O–H groups in total. The highest BCUT2D eigenvalue weighted by molar-refractivity contribution is 6.45. The summed E-state index contributed by atoms with van der Waals surface area (Å²) in [7, 11) is 2.96. The van der Waals surface area contributed by atoms with Gasteiger partial charge in [-0.3, -0.25) is 15.6 Å². The number of anilines is 1. The Bertz CT molecular complexity index is 602. The number of hydrogen-bond acceptors (Lipinski definition) is 6. The largest absolute Gasteiger partial charge is 0.496 e. The van der Waals surface area contributed by atoms with Crippen LogP contribution < -0.4 is 21.2 Å².